The molecule has 0 saturated carbocycles. The van der Waals surface area contributed by atoms with Crippen molar-refractivity contribution in [2.45, 2.75) is 39.5 Å². The number of amides is 1. The van der Waals surface area contributed by atoms with E-state index in [4.69, 9.17) is 0 Å². The predicted molar refractivity (Wildman–Crippen MR) is 83.9 cm³/mol. The number of carbonyl (C=O) groups is 1. The van der Waals surface area contributed by atoms with Gasteiger partial charge < -0.3 is 0 Å². The van der Waals surface area contributed by atoms with E-state index in [2.05, 4.69) is 39.9 Å². The van der Waals surface area contributed by atoms with Gasteiger partial charge in [-0.25, -0.2) is 10.1 Å². The van der Waals surface area contributed by atoms with Crippen LogP contribution in [0.2, 0.25) is 0 Å². The summed E-state index contributed by atoms with van der Waals surface area (Å²) in [6.45, 7) is 4.20. The molecule has 0 fully saturated rings. The summed E-state index contributed by atoms with van der Waals surface area (Å²) in [4.78, 5) is 12.1. The Balaban J connectivity index is 2.02. The molecule has 0 spiro atoms. The van der Waals surface area contributed by atoms with E-state index in [1.54, 1.807) is 24.3 Å². The van der Waals surface area contributed by atoms with Crippen LogP contribution in [0.3, 0.4) is 0 Å². The summed E-state index contributed by atoms with van der Waals surface area (Å²) >= 11 is 0. The number of tetrazole rings is 1. The summed E-state index contributed by atoms with van der Waals surface area (Å²) < 4.78 is 1.53. The van der Waals surface area contributed by atoms with Crippen LogP contribution in [-0.2, 0) is 0 Å². The third kappa shape index (κ3) is 4.21. The fourth-order valence-corrected chi connectivity index (χ4v) is 2.05. The molecule has 0 aliphatic rings. The van der Waals surface area contributed by atoms with Gasteiger partial charge in [-0.3, -0.25) is 4.79 Å². The Morgan fingerprint density at radius 3 is 2.41 bits per heavy atom. The summed E-state index contributed by atoms with van der Waals surface area (Å²) in [5, 5.41) is 15.2. The molecule has 7 nitrogen and oxygen atoms in total. The first-order chi connectivity index (χ1) is 10.7. The molecule has 1 aromatic carbocycles. The van der Waals surface area contributed by atoms with E-state index in [0.29, 0.717) is 5.56 Å². The molecule has 0 radical (unpaired) electrons. The minimum atomic E-state index is -0.215. The second kappa shape index (κ2) is 8.02. The van der Waals surface area contributed by atoms with Crippen LogP contribution in [0, 0.1) is 0 Å². The molecule has 2 rings (SSSR count). The van der Waals surface area contributed by atoms with Crippen LogP contribution in [-0.4, -0.2) is 31.8 Å². The van der Waals surface area contributed by atoms with E-state index in [1.807, 2.05) is 0 Å². The van der Waals surface area contributed by atoms with Gasteiger partial charge in [0.15, 0.2) is 0 Å². The number of hydrazone groups is 1. The van der Waals surface area contributed by atoms with E-state index >= 15 is 0 Å². The maximum atomic E-state index is 12.1. The van der Waals surface area contributed by atoms with Crippen molar-refractivity contribution in [1.82, 2.24) is 25.6 Å². The van der Waals surface area contributed by atoms with Crippen molar-refractivity contribution in [3.05, 3.63) is 36.2 Å². The number of benzene rings is 1. The number of nitrogens with one attached hydrogen (secondary N) is 1. The number of hydrogen-bond donors (Lipinski definition) is 1. The normalized spacial score (nSPS) is 10.3. The van der Waals surface area contributed by atoms with Crippen LogP contribution < -0.4 is 5.43 Å². The highest BCUT2D eigenvalue weighted by Crippen LogP contribution is 2.08. The summed E-state index contributed by atoms with van der Waals surface area (Å²) in [7, 11) is 0. The molecule has 1 aromatic heterocycles. The minimum Gasteiger partial charge on any atom is -0.267 e. The van der Waals surface area contributed by atoms with Gasteiger partial charge in [-0.05, 0) is 47.5 Å². The van der Waals surface area contributed by atoms with Crippen LogP contribution in [0.5, 0.6) is 0 Å². The maximum Gasteiger partial charge on any atom is 0.271 e. The largest absolute Gasteiger partial charge is 0.271 e. The summed E-state index contributed by atoms with van der Waals surface area (Å²) in [5.41, 5.74) is 5.00. The highest BCUT2D eigenvalue weighted by molar-refractivity contribution is 5.95. The lowest BCUT2D eigenvalue weighted by atomic mass is 10.1. The number of nitrogens with zero attached hydrogens (tertiary/aromatic N) is 5. The molecule has 7 heteroatoms. The van der Waals surface area contributed by atoms with Crippen LogP contribution in [0.1, 0.15) is 49.9 Å². The Bertz CT molecular complexity index is 610. The van der Waals surface area contributed by atoms with Gasteiger partial charge in [-0.15, -0.1) is 5.10 Å². The first-order valence-electron chi connectivity index (χ1n) is 7.43. The molecule has 0 aliphatic carbocycles. The summed E-state index contributed by atoms with van der Waals surface area (Å²) in [6, 6.07) is 7.02. The van der Waals surface area contributed by atoms with Crippen molar-refractivity contribution >= 4 is 11.6 Å². The summed E-state index contributed by atoms with van der Waals surface area (Å²) in [5.74, 6) is -0.215. The Morgan fingerprint density at radius 2 is 1.86 bits per heavy atom. The number of rotatable bonds is 7. The Hall–Kier alpha value is -2.57. The van der Waals surface area contributed by atoms with Crippen molar-refractivity contribution in [2.75, 3.05) is 0 Å². The Labute approximate surface area is 129 Å². The van der Waals surface area contributed by atoms with Gasteiger partial charge in [0.25, 0.3) is 5.91 Å². The molecule has 0 saturated heterocycles. The lowest BCUT2D eigenvalue weighted by Crippen LogP contribution is -2.19. The maximum absolute atomic E-state index is 12.1. The average Bonchev–Trinajstić information content (AvgIpc) is 3.07. The second-order valence-electron chi connectivity index (χ2n) is 4.92. The lowest BCUT2D eigenvalue weighted by molar-refractivity contribution is 0.0954. The number of carbonyl (C=O) groups excluding carboxylic acids is 1. The highest BCUT2D eigenvalue weighted by Gasteiger charge is 2.06. The molecule has 116 valence electrons. The van der Waals surface area contributed by atoms with Gasteiger partial charge >= 0.3 is 0 Å². The molecule has 0 unspecified atom stereocenters. The standard InChI is InChI=1S/C15H20N6O/c1-3-5-13(6-4-2)17-18-15(22)12-7-9-14(10-8-12)21-11-16-19-20-21/h7-11H,3-6H2,1-2H3,(H,18,22). The van der Waals surface area contributed by atoms with Gasteiger partial charge in [0, 0.05) is 11.3 Å². The molecule has 1 N–H and O–H groups in total. The van der Waals surface area contributed by atoms with Gasteiger partial charge in [0.1, 0.15) is 6.33 Å². The highest BCUT2D eigenvalue weighted by atomic mass is 16.2. The van der Waals surface area contributed by atoms with E-state index in [0.717, 1.165) is 37.1 Å². The topological polar surface area (TPSA) is 85.1 Å². The molecule has 0 bridgehead atoms. The van der Waals surface area contributed by atoms with Crippen LogP contribution in [0.4, 0.5) is 0 Å². The zero-order valence-electron chi connectivity index (χ0n) is 12.9. The van der Waals surface area contributed by atoms with Gasteiger partial charge in [-0.2, -0.15) is 5.10 Å². The van der Waals surface area contributed by atoms with Crippen molar-refractivity contribution < 1.29 is 4.79 Å². The molecule has 0 atom stereocenters. The van der Waals surface area contributed by atoms with Crippen molar-refractivity contribution in [2.24, 2.45) is 5.10 Å². The smallest absolute Gasteiger partial charge is 0.267 e. The van der Waals surface area contributed by atoms with E-state index in [1.165, 1.54) is 11.0 Å². The molecule has 1 amide bonds. The van der Waals surface area contributed by atoms with Crippen LogP contribution in [0.25, 0.3) is 5.69 Å². The number of aromatic nitrogens is 4. The Morgan fingerprint density at radius 1 is 1.18 bits per heavy atom. The quantitative estimate of drug-likeness (QED) is 0.628. The molecule has 22 heavy (non-hydrogen) atoms. The minimum absolute atomic E-state index is 0.215. The SMILES string of the molecule is CCCC(CCC)=NNC(=O)c1ccc(-n2cnnn2)cc1. The lowest BCUT2D eigenvalue weighted by Gasteiger charge is -2.05. The van der Waals surface area contributed by atoms with Gasteiger partial charge in [0.05, 0.1) is 5.69 Å². The molecule has 0 aliphatic heterocycles. The van der Waals surface area contributed by atoms with Crippen molar-refractivity contribution in [3.8, 4) is 5.69 Å². The van der Waals surface area contributed by atoms with E-state index in [9.17, 15) is 4.79 Å². The van der Waals surface area contributed by atoms with Crippen molar-refractivity contribution in [1.29, 1.82) is 0 Å². The molecular weight excluding hydrogens is 280 g/mol. The summed E-state index contributed by atoms with van der Waals surface area (Å²) in [6.07, 6.45) is 5.37. The first-order valence-corrected chi connectivity index (χ1v) is 7.43. The molecule has 1 heterocycles. The Kier molecular flexibility index (Phi) is 5.76. The third-order valence-electron chi connectivity index (χ3n) is 3.14. The van der Waals surface area contributed by atoms with Gasteiger partial charge in [0.2, 0.25) is 0 Å². The first kappa shape index (κ1) is 15.8. The molecule has 2 aromatic rings. The zero-order valence-corrected chi connectivity index (χ0v) is 12.9. The van der Waals surface area contributed by atoms with Gasteiger partial charge in [-0.1, -0.05) is 26.7 Å². The predicted octanol–water partition coefficient (Wildman–Crippen LogP) is 2.35. The third-order valence-corrected chi connectivity index (χ3v) is 3.14. The fraction of sp³-hybridized carbons (Fsp3) is 0.400. The van der Waals surface area contributed by atoms with Crippen molar-refractivity contribution in [3.63, 3.8) is 0 Å². The number of hydrogen-bond acceptors (Lipinski definition) is 5. The van der Waals surface area contributed by atoms with E-state index < -0.39 is 0 Å². The second-order valence-corrected chi connectivity index (χ2v) is 4.92. The average molecular weight is 300 g/mol. The molecular formula is C15H20N6O. The fourth-order valence-electron chi connectivity index (χ4n) is 2.05. The van der Waals surface area contributed by atoms with Crippen LogP contribution >= 0.6 is 0 Å². The van der Waals surface area contributed by atoms with E-state index in [-0.39, 0.29) is 5.91 Å². The monoisotopic (exact) mass is 300 g/mol. The van der Waals surface area contributed by atoms with Crippen LogP contribution in [0.15, 0.2) is 35.7 Å². The zero-order chi connectivity index (χ0) is 15.8.